The van der Waals surface area contributed by atoms with Gasteiger partial charge in [0.2, 0.25) is 27.7 Å². The van der Waals surface area contributed by atoms with E-state index in [2.05, 4.69) is 27.3 Å². The van der Waals surface area contributed by atoms with Crippen molar-refractivity contribution in [2.45, 2.75) is 121 Å². The minimum absolute atomic E-state index is 0.0178. The van der Waals surface area contributed by atoms with Gasteiger partial charge in [-0.05, 0) is 77.2 Å². The third-order valence-corrected chi connectivity index (χ3v) is 12.7. The van der Waals surface area contributed by atoms with E-state index in [1.54, 1.807) is 34.1 Å². The predicted molar refractivity (Wildman–Crippen MR) is 201 cm³/mol. The first kappa shape index (κ1) is 39.3. The standard InChI is InChI=1S/C39H53N5O9S/c1-7-24-18-23(2)12-8-9-13-25-20-39(25,36(47)43-54(49,50)27-16-17-27)42-33(45)30-19-26(22-44(30)35(46)32(24)41-37(48)53-38(3,4)5)52-34-29-15-11-10-14-28(29)31(51-6)21-40-34/h9-11,13-15,21,23-27,30,32H,7-8,12,16-20,22H2,1-6H3,(H,41,48)(H,42,45)(H,43,47)/b13-9-/t23-,24-,25-,26-,30+,32+,39-/m1/s1. The van der Waals surface area contributed by atoms with E-state index in [0.29, 0.717) is 49.1 Å². The second-order valence-corrected chi connectivity index (χ2v) is 18.2. The molecule has 15 heteroatoms. The zero-order valence-electron chi connectivity index (χ0n) is 31.9. The van der Waals surface area contributed by atoms with Crippen molar-refractivity contribution in [3.63, 3.8) is 0 Å². The Balaban J connectivity index is 1.36. The average molecular weight is 768 g/mol. The van der Waals surface area contributed by atoms with Gasteiger partial charge >= 0.3 is 6.09 Å². The summed E-state index contributed by atoms with van der Waals surface area (Å²) in [5, 5.41) is 6.58. The van der Waals surface area contributed by atoms with Crippen LogP contribution in [-0.4, -0.2) is 90.3 Å². The van der Waals surface area contributed by atoms with Crippen molar-refractivity contribution in [3.8, 4) is 11.6 Å². The van der Waals surface area contributed by atoms with Crippen LogP contribution in [0.4, 0.5) is 4.79 Å². The number of ether oxygens (including phenoxy) is 3. The molecule has 1 saturated heterocycles. The Morgan fingerprint density at radius 3 is 2.48 bits per heavy atom. The smallest absolute Gasteiger partial charge is 0.408 e. The number of allylic oxidation sites excluding steroid dienone is 1. The van der Waals surface area contributed by atoms with Gasteiger partial charge < -0.3 is 29.7 Å². The molecule has 0 spiro atoms. The number of benzene rings is 1. The number of nitrogens with zero attached hydrogens (tertiary/aromatic N) is 2. The minimum Gasteiger partial charge on any atom is -0.494 e. The maximum atomic E-state index is 14.9. The first-order chi connectivity index (χ1) is 25.5. The van der Waals surface area contributed by atoms with Crippen molar-refractivity contribution in [2.75, 3.05) is 13.7 Å². The van der Waals surface area contributed by atoms with Gasteiger partial charge in [-0.25, -0.2) is 18.2 Å². The number of hydrogen-bond acceptors (Lipinski definition) is 10. The Morgan fingerprint density at radius 2 is 1.81 bits per heavy atom. The Hall–Kier alpha value is -4.40. The number of carbonyl (C=O) groups is 4. The number of aromatic nitrogens is 1. The van der Waals surface area contributed by atoms with Crippen LogP contribution in [0.3, 0.4) is 0 Å². The lowest BCUT2D eigenvalue weighted by atomic mass is 9.85. The molecule has 2 aliphatic carbocycles. The average Bonchev–Trinajstić information content (AvgIpc) is 4.04. The van der Waals surface area contributed by atoms with Crippen LogP contribution in [0.25, 0.3) is 10.8 Å². The molecule has 54 heavy (non-hydrogen) atoms. The van der Waals surface area contributed by atoms with E-state index < -0.39 is 74.3 Å². The predicted octanol–water partition coefficient (Wildman–Crippen LogP) is 4.37. The van der Waals surface area contributed by atoms with Gasteiger partial charge in [-0.3, -0.25) is 19.1 Å². The number of methoxy groups -OCH3 is 1. The molecule has 1 aromatic carbocycles. The van der Waals surface area contributed by atoms with E-state index in [1.165, 1.54) is 4.90 Å². The molecule has 4 aliphatic rings. The number of carbonyl (C=O) groups excluding carboxylic acids is 4. The number of fused-ring (bicyclic) bond motifs is 3. The molecule has 2 saturated carbocycles. The van der Waals surface area contributed by atoms with Gasteiger partial charge in [-0.2, -0.15) is 0 Å². The Labute approximate surface area is 317 Å². The Kier molecular flexibility index (Phi) is 11.2. The summed E-state index contributed by atoms with van der Waals surface area (Å²) >= 11 is 0. The monoisotopic (exact) mass is 767 g/mol. The number of rotatable bonds is 8. The zero-order valence-corrected chi connectivity index (χ0v) is 32.7. The molecular weight excluding hydrogens is 715 g/mol. The molecule has 7 atom stereocenters. The van der Waals surface area contributed by atoms with E-state index in [-0.39, 0.29) is 31.2 Å². The molecule has 0 unspecified atom stereocenters. The number of sulfonamides is 1. The second-order valence-electron chi connectivity index (χ2n) is 16.2. The highest BCUT2D eigenvalue weighted by molar-refractivity contribution is 7.91. The summed E-state index contributed by atoms with van der Waals surface area (Å²) in [5.41, 5.74) is -2.33. The maximum absolute atomic E-state index is 14.9. The quantitative estimate of drug-likeness (QED) is 0.327. The highest BCUT2D eigenvalue weighted by Gasteiger charge is 2.62. The normalized spacial score (nSPS) is 29.8. The summed E-state index contributed by atoms with van der Waals surface area (Å²) in [7, 11) is -2.35. The van der Waals surface area contributed by atoms with Crippen molar-refractivity contribution in [1.29, 1.82) is 0 Å². The lowest BCUT2D eigenvalue weighted by molar-refractivity contribution is -0.142. The van der Waals surface area contributed by atoms with Crippen LogP contribution in [0.15, 0.2) is 42.6 Å². The van der Waals surface area contributed by atoms with Crippen LogP contribution in [0.5, 0.6) is 11.6 Å². The Morgan fingerprint density at radius 1 is 1.09 bits per heavy atom. The molecule has 0 bridgehead atoms. The van der Waals surface area contributed by atoms with Crippen molar-refractivity contribution in [1.82, 2.24) is 25.2 Å². The van der Waals surface area contributed by atoms with Crippen LogP contribution < -0.4 is 24.8 Å². The van der Waals surface area contributed by atoms with Crippen LogP contribution in [0, 0.1) is 17.8 Å². The van der Waals surface area contributed by atoms with Crippen LogP contribution in [-0.2, 0) is 29.1 Å². The van der Waals surface area contributed by atoms with Crippen molar-refractivity contribution < 1.29 is 41.8 Å². The zero-order chi connectivity index (χ0) is 39.0. The van der Waals surface area contributed by atoms with E-state index in [4.69, 9.17) is 14.2 Å². The molecule has 294 valence electrons. The second kappa shape index (κ2) is 15.4. The molecule has 2 aromatic rings. The van der Waals surface area contributed by atoms with Crippen LogP contribution >= 0.6 is 0 Å². The highest BCUT2D eigenvalue weighted by atomic mass is 32.2. The van der Waals surface area contributed by atoms with E-state index in [0.717, 1.165) is 11.8 Å². The largest absolute Gasteiger partial charge is 0.494 e. The third-order valence-electron chi connectivity index (χ3n) is 10.9. The first-order valence-corrected chi connectivity index (χ1v) is 20.5. The van der Waals surface area contributed by atoms with Crippen LogP contribution in [0.1, 0.15) is 86.0 Å². The summed E-state index contributed by atoms with van der Waals surface area (Å²) in [4.78, 5) is 62.4. The molecule has 3 heterocycles. The van der Waals surface area contributed by atoms with Gasteiger partial charge in [0.05, 0.1) is 25.1 Å². The molecule has 3 fully saturated rings. The molecule has 2 aliphatic heterocycles. The molecule has 4 amide bonds. The van der Waals surface area contributed by atoms with Gasteiger partial charge in [0.15, 0.2) is 0 Å². The first-order valence-electron chi connectivity index (χ1n) is 19.0. The number of alkyl carbamates (subject to hydrolysis) is 1. The minimum atomic E-state index is -3.90. The Bertz CT molecular complexity index is 1910. The number of pyridine rings is 1. The fourth-order valence-electron chi connectivity index (χ4n) is 7.71. The van der Waals surface area contributed by atoms with E-state index in [9.17, 15) is 27.6 Å². The molecule has 6 rings (SSSR count). The van der Waals surface area contributed by atoms with Gasteiger partial charge in [-0.1, -0.05) is 50.6 Å². The maximum Gasteiger partial charge on any atom is 0.408 e. The molecule has 0 radical (unpaired) electrons. The summed E-state index contributed by atoms with van der Waals surface area (Å²) < 4.78 is 45.6. The fraction of sp³-hybridized carbons (Fsp3) is 0.615. The summed E-state index contributed by atoms with van der Waals surface area (Å²) in [6.45, 7) is 9.27. The van der Waals surface area contributed by atoms with Gasteiger partial charge in [-0.15, -0.1) is 0 Å². The van der Waals surface area contributed by atoms with Gasteiger partial charge in [0.25, 0.3) is 5.91 Å². The topological polar surface area (TPSA) is 182 Å². The highest BCUT2D eigenvalue weighted by Crippen LogP contribution is 2.46. The van der Waals surface area contributed by atoms with Gasteiger partial charge in [0, 0.05) is 23.1 Å². The number of nitrogens with one attached hydrogen (secondary N) is 3. The number of hydrogen-bond donors (Lipinski definition) is 3. The van der Waals surface area contributed by atoms with Gasteiger partial charge in [0.1, 0.15) is 35.1 Å². The van der Waals surface area contributed by atoms with Crippen molar-refractivity contribution in [3.05, 3.63) is 42.6 Å². The van der Waals surface area contributed by atoms with Crippen molar-refractivity contribution >= 4 is 44.6 Å². The fourth-order valence-corrected chi connectivity index (χ4v) is 9.07. The van der Waals surface area contributed by atoms with E-state index in [1.807, 2.05) is 43.3 Å². The number of amides is 4. The summed E-state index contributed by atoms with van der Waals surface area (Å²) in [6.07, 6.45) is 7.80. The molecule has 1 aromatic heterocycles. The lowest BCUT2D eigenvalue weighted by Gasteiger charge is -2.34. The summed E-state index contributed by atoms with van der Waals surface area (Å²) in [6, 6.07) is 5.29. The molecular formula is C39H53N5O9S. The SMILES string of the molecule is CC[C@@H]1C[C@H](C)CC/C=C\[C@@H]2C[C@@]2(C(=O)NS(=O)(=O)C2CC2)NC(=O)[C@@H]2C[C@@H](Oc3ncc(OC)c4ccccc34)CN2C(=O)[C@H]1NC(=O)OC(C)(C)C. The van der Waals surface area contributed by atoms with Crippen LogP contribution in [0.2, 0.25) is 0 Å². The van der Waals surface area contributed by atoms with E-state index >= 15 is 0 Å². The third kappa shape index (κ3) is 8.61. The summed E-state index contributed by atoms with van der Waals surface area (Å²) in [5.74, 6) is -1.60. The lowest BCUT2D eigenvalue weighted by Crippen LogP contribution is -2.59. The van der Waals surface area contributed by atoms with Crippen molar-refractivity contribution in [2.24, 2.45) is 17.8 Å². The molecule has 3 N–H and O–H groups in total. The molecule has 14 nitrogen and oxygen atoms in total.